The van der Waals surface area contributed by atoms with Crippen LogP contribution in [0.25, 0.3) is 0 Å². The summed E-state index contributed by atoms with van der Waals surface area (Å²) in [5, 5.41) is 17.8. The highest BCUT2D eigenvalue weighted by molar-refractivity contribution is 5.43. The first-order valence-corrected chi connectivity index (χ1v) is 4.41. The maximum Gasteiger partial charge on any atom is 0.122 e. The van der Waals surface area contributed by atoms with Gasteiger partial charge in [0.1, 0.15) is 5.75 Å². The van der Waals surface area contributed by atoms with Gasteiger partial charge in [0.15, 0.2) is 0 Å². The summed E-state index contributed by atoms with van der Waals surface area (Å²) in [6.45, 7) is 1.93. The summed E-state index contributed by atoms with van der Waals surface area (Å²) in [5.41, 5.74) is 1.45. The number of nitriles is 1. The van der Waals surface area contributed by atoms with E-state index in [0.717, 1.165) is 5.56 Å². The Hall–Kier alpha value is -1.53. The molecule has 1 unspecified atom stereocenters. The van der Waals surface area contributed by atoms with Gasteiger partial charge in [0.05, 0.1) is 18.7 Å². The molecule has 74 valence electrons. The fraction of sp³-hybridized carbons (Fsp3) is 0.364. The van der Waals surface area contributed by atoms with Crippen molar-refractivity contribution < 1.29 is 9.84 Å². The molecular weight excluding hydrogens is 178 g/mol. The molecule has 0 radical (unpaired) electrons. The van der Waals surface area contributed by atoms with E-state index in [9.17, 15) is 0 Å². The molecule has 1 N–H and O–H groups in total. The average Bonchev–Trinajstić information content (AvgIpc) is 2.27. The highest BCUT2D eigenvalue weighted by atomic mass is 16.5. The molecule has 0 aliphatic carbocycles. The molecule has 1 atom stereocenters. The molecule has 0 fully saturated rings. The van der Waals surface area contributed by atoms with Crippen LogP contribution in [0.2, 0.25) is 0 Å². The fourth-order valence-electron chi connectivity index (χ4n) is 1.29. The van der Waals surface area contributed by atoms with Crippen molar-refractivity contribution in [2.75, 3.05) is 13.7 Å². The minimum atomic E-state index is -0.0155. The minimum absolute atomic E-state index is 0.0155. The van der Waals surface area contributed by atoms with Crippen molar-refractivity contribution >= 4 is 0 Å². The summed E-state index contributed by atoms with van der Waals surface area (Å²) in [6.07, 6.45) is 0. The van der Waals surface area contributed by atoms with Crippen LogP contribution in [0.3, 0.4) is 0 Å². The molecule has 0 spiro atoms. The molecule has 3 heteroatoms. The number of hydrogen-bond acceptors (Lipinski definition) is 3. The van der Waals surface area contributed by atoms with E-state index in [1.165, 1.54) is 0 Å². The first-order valence-electron chi connectivity index (χ1n) is 4.41. The summed E-state index contributed by atoms with van der Waals surface area (Å²) >= 11 is 0. The van der Waals surface area contributed by atoms with Gasteiger partial charge in [-0.3, -0.25) is 0 Å². The SMILES string of the molecule is COc1ccc(C#N)cc1C(C)CO. The third-order valence-corrected chi connectivity index (χ3v) is 2.16. The van der Waals surface area contributed by atoms with E-state index in [4.69, 9.17) is 15.1 Å². The van der Waals surface area contributed by atoms with E-state index in [0.29, 0.717) is 11.3 Å². The van der Waals surface area contributed by atoms with Gasteiger partial charge >= 0.3 is 0 Å². The van der Waals surface area contributed by atoms with E-state index in [2.05, 4.69) is 6.07 Å². The van der Waals surface area contributed by atoms with E-state index >= 15 is 0 Å². The van der Waals surface area contributed by atoms with Crippen molar-refractivity contribution in [2.45, 2.75) is 12.8 Å². The van der Waals surface area contributed by atoms with Gasteiger partial charge in [-0.25, -0.2) is 0 Å². The number of hydrogen-bond donors (Lipinski definition) is 1. The summed E-state index contributed by atoms with van der Waals surface area (Å²) in [6, 6.07) is 7.26. The van der Waals surface area contributed by atoms with Crippen molar-refractivity contribution in [3.8, 4) is 11.8 Å². The molecule has 1 aromatic rings. The summed E-state index contributed by atoms with van der Waals surface area (Å²) in [7, 11) is 1.58. The van der Waals surface area contributed by atoms with Crippen LogP contribution in [-0.2, 0) is 0 Å². The van der Waals surface area contributed by atoms with Crippen LogP contribution in [0.1, 0.15) is 24.0 Å². The maximum atomic E-state index is 9.03. The second-order valence-corrected chi connectivity index (χ2v) is 3.15. The van der Waals surface area contributed by atoms with Crippen molar-refractivity contribution in [1.29, 1.82) is 5.26 Å². The minimum Gasteiger partial charge on any atom is -0.496 e. The molecular formula is C11H13NO2. The zero-order valence-corrected chi connectivity index (χ0v) is 8.32. The number of ether oxygens (including phenoxy) is 1. The zero-order chi connectivity index (χ0) is 10.6. The Kier molecular flexibility index (Phi) is 3.49. The summed E-state index contributed by atoms with van der Waals surface area (Å²) in [4.78, 5) is 0. The van der Waals surface area contributed by atoms with Crippen LogP contribution in [0.4, 0.5) is 0 Å². The van der Waals surface area contributed by atoms with E-state index in [-0.39, 0.29) is 12.5 Å². The monoisotopic (exact) mass is 191 g/mol. The van der Waals surface area contributed by atoms with E-state index in [1.54, 1.807) is 25.3 Å². The molecule has 14 heavy (non-hydrogen) atoms. The Balaban J connectivity index is 3.16. The Morgan fingerprint density at radius 3 is 2.79 bits per heavy atom. The van der Waals surface area contributed by atoms with E-state index in [1.807, 2.05) is 6.92 Å². The standard InChI is InChI=1S/C11H13NO2/c1-8(7-13)10-5-9(6-12)3-4-11(10)14-2/h3-5,8,13H,7H2,1-2H3. The largest absolute Gasteiger partial charge is 0.496 e. The second-order valence-electron chi connectivity index (χ2n) is 3.15. The van der Waals surface area contributed by atoms with Crippen molar-refractivity contribution in [1.82, 2.24) is 0 Å². The van der Waals surface area contributed by atoms with Gasteiger partial charge < -0.3 is 9.84 Å². The number of methoxy groups -OCH3 is 1. The number of nitrogens with zero attached hydrogens (tertiary/aromatic N) is 1. The predicted molar refractivity (Wildman–Crippen MR) is 53.2 cm³/mol. The fourth-order valence-corrected chi connectivity index (χ4v) is 1.29. The lowest BCUT2D eigenvalue weighted by Gasteiger charge is -2.13. The van der Waals surface area contributed by atoms with Crippen LogP contribution >= 0.6 is 0 Å². The van der Waals surface area contributed by atoms with Crippen molar-refractivity contribution in [3.05, 3.63) is 29.3 Å². The molecule has 0 saturated carbocycles. The van der Waals surface area contributed by atoms with Crippen LogP contribution in [0.15, 0.2) is 18.2 Å². The van der Waals surface area contributed by atoms with Crippen LogP contribution in [0.5, 0.6) is 5.75 Å². The first kappa shape index (κ1) is 10.6. The number of rotatable bonds is 3. The predicted octanol–water partition coefficient (Wildman–Crippen LogP) is 1.66. The maximum absolute atomic E-state index is 9.03. The van der Waals surface area contributed by atoms with Gasteiger partial charge in [-0.05, 0) is 18.2 Å². The van der Waals surface area contributed by atoms with Gasteiger partial charge in [-0.15, -0.1) is 0 Å². The number of benzene rings is 1. The lowest BCUT2D eigenvalue weighted by molar-refractivity contribution is 0.269. The zero-order valence-electron chi connectivity index (χ0n) is 8.32. The van der Waals surface area contributed by atoms with Gasteiger partial charge in [0.2, 0.25) is 0 Å². The van der Waals surface area contributed by atoms with E-state index < -0.39 is 0 Å². The molecule has 0 heterocycles. The Morgan fingerprint density at radius 2 is 2.29 bits per heavy atom. The summed E-state index contributed by atoms with van der Waals surface area (Å²) < 4.78 is 5.15. The van der Waals surface area contributed by atoms with Gasteiger partial charge in [-0.1, -0.05) is 6.92 Å². The highest BCUT2D eigenvalue weighted by Gasteiger charge is 2.10. The molecule has 1 rings (SSSR count). The Morgan fingerprint density at radius 1 is 1.57 bits per heavy atom. The van der Waals surface area contributed by atoms with Crippen LogP contribution < -0.4 is 4.74 Å². The molecule has 1 aromatic carbocycles. The second kappa shape index (κ2) is 4.64. The smallest absolute Gasteiger partial charge is 0.122 e. The molecule has 3 nitrogen and oxygen atoms in total. The molecule has 0 aliphatic heterocycles. The van der Waals surface area contributed by atoms with Gasteiger partial charge in [-0.2, -0.15) is 5.26 Å². The molecule has 0 amide bonds. The molecule has 0 aliphatic rings. The number of aliphatic hydroxyl groups excluding tert-OH is 1. The van der Waals surface area contributed by atoms with Crippen molar-refractivity contribution in [2.24, 2.45) is 0 Å². The third-order valence-electron chi connectivity index (χ3n) is 2.16. The highest BCUT2D eigenvalue weighted by Crippen LogP contribution is 2.26. The van der Waals surface area contributed by atoms with Crippen molar-refractivity contribution in [3.63, 3.8) is 0 Å². The van der Waals surface area contributed by atoms with Gasteiger partial charge in [0, 0.05) is 18.1 Å². The Bertz CT molecular complexity index is 355. The first-order chi connectivity index (χ1) is 6.72. The topological polar surface area (TPSA) is 53.2 Å². The molecule has 0 saturated heterocycles. The Labute approximate surface area is 83.6 Å². The van der Waals surface area contributed by atoms with Crippen LogP contribution in [-0.4, -0.2) is 18.8 Å². The quantitative estimate of drug-likeness (QED) is 0.790. The van der Waals surface area contributed by atoms with Crippen LogP contribution in [0, 0.1) is 11.3 Å². The lowest BCUT2D eigenvalue weighted by atomic mass is 9.99. The third kappa shape index (κ3) is 2.04. The lowest BCUT2D eigenvalue weighted by Crippen LogP contribution is -2.02. The summed E-state index contributed by atoms with van der Waals surface area (Å²) in [5.74, 6) is 0.698. The van der Waals surface area contributed by atoms with Gasteiger partial charge in [0.25, 0.3) is 0 Å². The normalized spacial score (nSPS) is 11.9. The number of aliphatic hydroxyl groups is 1. The average molecular weight is 191 g/mol. The molecule has 0 aromatic heterocycles. The molecule has 0 bridgehead atoms.